The second-order valence-electron chi connectivity index (χ2n) is 10.3. The van der Waals surface area contributed by atoms with Crippen LogP contribution < -0.4 is 0 Å². The van der Waals surface area contributed by atoms with Crippen molar-refractivity contribution in [2.45, 2.75) is 76.9 Å². The second kappa shape index (κ2) is 10.7. The first-order valence-electron chi connectivity index (χ1n) is 13.2. The van der Waals surface area contributed by atoms with E-state index in [2.05, 4.69) is 4.57 Å². The largest absolute Gasteiger partial charge is 0.480 e. The maximum Gasteiger partial charge on any atom is 0.326 e. The van der Waals surface area contributed by atoms with Crippen molar-refractivity contribution in [1.82, 2.24) is 14.5 Å². The lowest BCUT2D eigenvalue weighted by Gasteiger charge is -2.36. The van der Waals surface area contributed by atoms with Gasteiger partial charge in [0.25, 0.3) is 0 Å². The molecule has 0 bridgehead atoms. The highest BCUT2D eigenvalue weighted by Crippen LogP contribution is 2.33. The summed E-state index contributed by atoms with van der Waals surface area (Å²) in [7, 11) is 0. The van der Waals surface area contributed by atoms with E-state index in [0.29, 0.717) is 0 Å². The fraction of sp³-hybridized carbons (Fsp3) is 0.433. The quantitative estimate of drug-likeness (QED) is 0.491. The molecule has 1 aliphatic carbocycles. The minimum atomic E-state index is -0.966. The summed E-state index contributed by atoms with van der Waals surface area (Å²) in [6.45, 7) is 3.09. The van der Waals surface area contributed by atoms with Crippen LogP contribution in [0, 0.1) is 12.8 Å². The number of fused-ring (bicyclic) bond motifs is 1. The number of carbonyl (C=O) groups excluding carboxylic acids is 1. The van der Waals surface area contributed by atoms with Gasteiger partial charge in [0, 0.05) is 18.7 Å². The Balaban J connectivity index is 1.44. The number of benzene rings is 2. The molecule has 5 rings (SSSR count). The first kappa shape index (κ1) is 24.3. The molecule has 36 heavy (non-hydrogen) atoms. The van der Waals surface area contributed by atoms with E-state index >= 15 is 0 Å². The van der Waals surface area contributed by atoms with Crippen LogP contribution in [-0.2, 0) is 29.1 Å². The normalized spacial score (nSPS) is 18.3. The zero-order chi connectivity index (χ0) is 25.1. The van der Waals surface area contributed by atoms with Crippen LogP contribution in [0.15, 0.2) is 60.7 Å². The van der Waals surface area contributed by atoms with Gasteiger partial charge >= 0.3 is 5.97 Å². The van der Waals surface area contributed by atoms with Gasteiger partial charge in [0.1, 0.15) is 11.9 Å². The van der Waals surface area contributed by atoms with E-state index in [4.69, 9.17) is 4.98 Å². The monoisotopic (exact) mass is 485 g/mol. The van der Waals surface area contributed by atoms with Crippen LogP contribution in [0.2, 0.25) is 0 Å². The summed E-state index contributed by atoms with van der Waals surface area (Å²) in [5.41, 5.74) is 3.54. The van der Waals surface area contributed by atoms with E-state index < -0.39 is 17.9 Å². The molecule has 2 heterocycles. The number of amides is 1. The van der Waals surface area contributed by atoms with E-state index in [9.17, 15) is 14.7 Å². The molecule has 1 aliphatic heterocycles. The Hall–Kier alpha value is -3.41. The molecule has 0 radical (unpaired) electrons. The second-order valence-corrected chi connectivity index (χ2v) is 10.3. The molecule has 1 aromatic heterocycles. The molecule has 1 amide bonds. The molecule has 1 unspecified atom stereocenters. The third-order valence-electron chi connectivity index (χ3n) is 8.00. The summed E-state index contributed by atoms with van der Waals surface area (Å²) in [5, 5.41) is 10.2. The van der Waals surface area contributed by atoms with Gasteiger partial charge < -0.3 is 14.6 Å². The molecule has 1 saturated carbocycles. The minimum absolute atomic E-state index is 0.195. The minimum Gasteiger partial charge on any atom is -0.480 e. The Labute approximate surface area is 213 Å². The van der Waals surface area contributed by atoms with Crippen LogP contribution in [-0.4, -0.2) is 37.5 Å². The lowest BCUT2D eigenvalue weighted by atomic mass is 9.87. The lowest BCUT2D eigenvalue weighted by Crippen LogP contribution is -2.50. The molecule has 3 aromatic rings. The fourth-order valence-electron chi connectivity index (χ4n) is 6.06. The predicted octanol–water partition coefficient (Wildman–Crippen LogP) is 5.33. The SMILES string of the molecule is Cc1nc2c(n1CCC1CCCCC1)CC(C(=O)O)N(C(=O)C(c1ccccc1)c1ccccc1)C2. The highest BCUT2D eigenvalue weighted by Gasteiger charge is 2.40. The molecule has 188 valence electrons. The molecule has 6 heteroatoms. The van der Waals surface area contributed by atoms with E-state index in [0.717, 1.165) is 47.2 Å². The zero-order valence-corrected chi connectivity index (χ0v) is 21.0. The van der Waals surface area contributed by atoms with Gasteiger partial charge in [-0.2, -0.15) is 0 Å². The molecule has 0 spiro atoms. The maximum absolute atomic E-state index is 14.1. The van der Waals surface area contributed by atoms with Gasteiger partial charge in [-0.15, -0.1) is 0 Å². The van der Waals surface area contributed by atoms with Crippen molar-refractivity contribution in [3.05, 3.63) is 89.0 Å². The molecule has 6 nitrogen and oxygen atoms in total. The third-order valence-corrected chi connectivity index (χ3v) is 8.00. The number of carbonyl (C=O) groups is 2. The number of carboxylic acid groups (broad SMARTS) is 1. The number of hydrogen-bond acceptors (Lipinski definition) is 3. The van der Waals surface area contributed by atoms with Crippen molar-refractivity contribution >= 4 is 11.9 Å². The Kier molecular flexibility index (Phi) is 7.21. The summed E-state index contributed by atoms with van der Waals surface area (Å²) < 4.78 is 2.22. The van der Waals surface area contributed by atoms with Crippen LogP contribution in [0.3, 0.4) is 0 Å². The Morgan fingerprint density at radius 2 is 1.58 bits per heavy atom. The molecule has 1 N–H and O–H groups in total. The van der Waals surface area contributed by atoms with Gasteiger partial charge in [-0.1, -0.05) is 92.8 Å². The Morgan fingerprint density at radius 1 is 0.972 bits per heavy atom. The molecule has 2 aromatic carbocycles. The summed E-state index contributed by atoms with van der Waals surface area (Å²) in [6, 6.07) is 18.3. The number of aliphatic carboxylic acids is 1. The lowest BCUT2D eigenvalue weighted by molar-refractivity contribution is -0.151. The molecule has 0 saturated heterocycles. The van der Waals surface area contributed by atoms with Crippen molar-refractivity contribution < 1.29 is 14.7 Å². The number of nitrogens with zero attached hydrogens (tertiary/aromatic N) is 3. The highest BCUT2D eigenvalue weighted by atomic mass is 16.4. The number of imidazole rings is 1. The number of hydrogen-bond donors (Lipinski definition) is 1. The van der Waals surface area contributed by atoms with Gasteiger partial charge in [-0.05, 0) is 30.4 Å². The van der Waals surface area contributed by atoms with Crippen LogP contribution >= 0.6 is 0 Å². The number of aromatic nitrogens is 2. The first-order chi connectivity index (χ1) is 17.5. The van der Waals surface area contributed by atoms with Crippen molar-refractivity contribution in [1.29, 1.82) is 0 Å². The van der Waals surface area contributed by atoms with Crippen LogP contribution in [0.25, 0.3) is 0 Å². The molecular weight excluding hydrogens is 450 g/mol. The predicted molar refractivity (Wildman–Crippen MR) is 139 cm³/mol. The first-order valence-corrected chi connectivity index (χ1v) is 13.2. The van der Waals surface area contributed by atoms with Gasteiger partial charge in [0.05, 0.1) is 18.2 Å². The average molecular weight is 486 g/mol. The van der Waals surface area contributed by atoms with Crippen molar-refractivity contribution in [3.63, 3.8) is 0 Å². The summed E-state index contributed by atoms with van der Waals surface area (Å²) in [5.74, 6) is -0.0701. The summed E-state index contributed by atoms with van der Waals surface area (Å²) in [4.78, 5) is 32.9. The average Bonchev–Trinajstić information content (AvgIpc) is 3.22. The van der Waals surface area contributed by atoms with E-state index in [1.165, 1.54) is 37.0 Å². The van der Waals surface area contributed by atoms with Crippen molar-refractivity contribution in [2.75, 3.05) is 0 Å². The van der Waals surface area contributed by atoms with Gasteiger partial charge in [0.2, 0.25) is 5.91 Å². The number of aryl methyl sites for hydroxylation is 1. The van der Waals surface area contributed by atoms with Crippen LogP contribution in [0.4, 0.5) is 0 Å². The smallest absolute Gasteiger partial charge is 0.326 e. The highest BCUT2D eigenvalue weighted by molar-refractivity contribution is 5.91. The summed E-state index contributed by atoms with van der Waals surface area (Å²) in [6.07, 6.45) is 7.94. The van der Waals surface area contributed by atoms with Gasteiger partial charge in [-0.25, -0.2) is 9.78 Å². The third kappa shape index (κ3) is 4.95. The van der Waals surface area contributed by atoms with Crippen LogP contribution in [0.1, 0.15) is 72.8 Å². The van der Waals surface area contributed by atoms with Crippen LogP contribution in [0.5, 0.6) is 0 Å². The number of carboxylic acids is 1. The molecule has 2 aliphatic rings. The molecular formula is C30H35N3O3. The maximum atomic E-state index is 14.1. The van der Waals surface area contributed by atoms with Gasteiger partial charge in [0.15, 0.2) is 0 Å². The van der Waals surface area contributed by atoms with Gasteiger partial charge in [-0.3, -0.25) is 4.79 Å². The molecule has 1 fully saturated rings. The topological polar surface area (TPSA) is 75.4 Å². The molecule has 1 atom stereocenters. The standard InChI is InChI=1S/C30H35N3O3/c1-21-31-25-20-33(29(34)28(23-13-7-3-8-14-23)24-15-9-4-10-16-24)27(30(35)36)19-26(25)32(21)18-17-22-11-5-2-6-12-22/h3-4,7-10,13-16,22,27-28H,2,5-6,11-12,17-20H2,1H3,(H,35,36). The summed E-state index contributed by atoms with van der Waals surface area (Å²) >= 11 is 0. The van der Waals surface area contributed by atoms with E-state index in [1.54, 1.807) is 0 Å². The van der Waals surface area contributed by atoms with Crippen molar-refractivity contribution in [2.24, 2.45) is 5.92 Å². The Bertz CT molecular complexity index is 1160. The fourth-order valence-corrected chi connectivity index (χ4v) is 6.06. The number of rotatable bonds is 7. The van der Waals surface area contributed by atoms with Crippen molar-refractivity contribution in [3.8, 4) is 0 Å². The zero-order valence-electron chi connectivity index (χ0n) is 21.0. The van der Waals surface area contributed by atoms with E-state index in [-0.39, 0.29) is 18.9 Å². The Morgan fingerprint density at radius 3 is 2.17 bits per heavy atom. The van der Waals surface area contributed by atoms with E-state index in [1.807, 2.05) is 67.6 Å².